The number of nitrogens with one attached hydrogen (secondary N) is 2. The molecule has 5 nitrogen and oxygen atoms in total. The predicted octanol–water partition coefficient (Wildman–Crippen LogP) is 3.30. The third kappa shape index (κ3) is 4.13. The average molecular weight is 335 g/mol. The van der Waals surface area contributed by atoms with Gasteiger partial charge in [0.2, 0.25) is 0 Å². The standard InChI is InChI=1S/C17H19ClN2O3/c1-10-15(12(3)21)11(2)20-16(10)17(22)19-7-8-23-14-6-4-5-13(18)9-14/h4-6,9,20H,7-8H2,1-3H3,(H,19,22). The highest BCUT2D eigenvalue weighted by Gasteiger charge is 2.19. The summed E-state index contributed by atoms with van der Waals surface area (Å²) in [6.07, 6.45) is 0. The zero-order valence-electron chi connectivity index (χ0n) is 13.3. The molecule has 0 radical (unpaired) electrons. The van der Waals surface area contributed by atoms with E-state index in [1.165, 1.54) is 6.92 Å². The molecule has 0 fully saturated rings. The minimum atomic E-state index is -0.257. The number of aryl methyl sites for hydroxylation is 1. The van der Waals surface area contributed by atoms with Crippen LogP contribution in [0.2, 0.25) is 5.02 Å². The zero-order valence-corrected chi connectivity index (χ0v) is 14.1. The number of rotatable bonds is 6. The van der Waals surface area contributed by atoms with E-state index in [1.54, 1.807) is 38.1 Å². The molecule has 23 heavy (non-hydrogen) atoms. The van der Waals surface area contributed by atoms with Crippen LogP contribution in [0.25, 0.3) is 0 Å². The molecule has 1 heterocycles. The van der Waals surface area contributed by atoms with E-state index in [0.717, 1.165) is 0 Å². The van der Waals surface area contributed by atoms with Gasteiger partial charge in [-0.2, -0.15) is 0 Å². The minimum absolute atomic E-state index is 0.0559. The summed E-state index contributed by atoms with van der Waals surface area (Å²) in [4.78, 5) is 26.7. The molecule has 2 aromatic rings. The second kappa shape index (κ2) is 7.33. The van der Waals surface area contributed by atoms with Crippen LogP contribution in [-0.2, 0) is 0 Å². The molecule has 122 valence electrons. The Bertz CT molecular complexity index is 737. The van der Waals surface area contributed by atoms with Gasteiger partial charge in [-0.1, -0.05) is 17.7 Å². The Labute approximate surface area is 140 Å². The highest BCUT2D eigenvalue weighted by atomic mass is 35.5. The first-order valence-electron chi connectivity index (χ1n) is 7.26. The number of hydrogen-bond donors (Lipinski definition) is 2. The van der Waals surface area contributed by atoms with Crippen molar-refractivity contribution >= 4 is 23.3 Å². The van der Waals surface area contributed by atoms with Crippen LogP contribution in [0.5, 0.6) is 5.75 Å². The molecule has 2 rings (SSSR count). The van der Waals surface area contributed by atoms with E-state index in [9.17, 15) is 9.59 Å². The molecule has 0 spiro atoms. The fourth-order valence-corrected chi connectivity index (χ4v) is 2.66. The Hall–Kier alpha value is -2.27. The van der Waals surface area contributed by atoms with Crippen LogP contribution >= 0.6 is 11.6 Å². The lowest BCUT2D eigenvalue weighted by molar-refractivity contribution is 0.0941. The van der Waals surface area contributed by atoms with Crippen LogP contribution in [0.1, 0.15) is 39.0 Å². The number of carbonyl (C=O) groups is 2. The van der Waals surface area contributed by atoms with Gasteiger partial charge in [-0.05, 0) is 44.5 Å². The van der Waals surface area contributed by atoms with Gasteiger partial charge in [0.05, 0.1) is 6.54 Å². The van der Waals surface area contributed by atoms with E-state index in [2.05, 4.69) is 10.3 Å². The monoisotopic (exact) mass is 334 g/mol. The molecule has 0 aliphatic rings. The Morgan fingerprint density at radius 3 is 2.65 bits per heavy atom. The van der Waals surface area contributed by atoms with E-state index in [0.29, 0.717) is 46.4 Å². The maximum absolute atomic E-state index is 12.2. The number of carbonyl (C=O) groups excluding carboxylic acids is 2. The van der Waals surface area contributed by atoms with Gasteiger partial charge in [0.25, 0.3) is 5.91 Å². The Balaban J connectivity index is 1.90. The van der Waals surface area contributed by atoms with Crippen LogP contribution < -0.4 is 10.1 Å². The Morgan fingerprint density at radius 2 is 2.04 bits per heavy atom. The number of ether oxygens (including phenoxy) is 1. The van der Waals surface area contributed by atoms with Crippen molar-refractivity contribution in [2.75, 3.05) is 13.2 Å². The van der Waals surface area contributed by atoms with Crippen LogP contribution in [-0.4, -0.2) is 29.8 Å². The van der Waals surface area contributed by atoms with Crippen molar-refractivity contribution in [3.63, 3.8) is 0 Å². The van der Waals surface area contributed by atoms with Crippen LogP contribution in [0.3, 0.4) is 0 Å². The number of H-pyrrole nitrogens is 1. The third-order valence-electron chi connectivity index (χ3n) is 3.47. The molecule has 0 bridgehead atoms. The van der Waals surface area contributed by atoms with Crippen molar-refractivity contribution in [3.8, 4) is 5.75 Å². The second-order valence-corrected chi connectivity index (χ2v) is 5.68. The topological polar surface area (TPSA) is 71.2 Å². The molecule has 0 aliphatic heterocycles. The molecular weight excluding hydrogens is 316 g/mol. The third-order valence-corrected chi connectivity index (χ3v) is 3.70. The molecule has 0 aliphatic carbocycles. The molecule has 0 saturated heterocycles. The number of halogens is 1. The van der Waals surface area contributed by atoms with Crippen molar-refractivity contribution < 1.29 is 14.3 Å². The van der Waals surface area contributed by atoms with Gasteiger partial charge in [-0.3, -0.25) is 9.59 Å². The number of aromatic amines is 1. The lowest BCUT2D eigenvalue weighted by atomic mass is 10.1. The first-order chi connectivity index (χ1) is 10.9. The van der Waals surface area contributed by atoms with Gasteiger partial charge in [0.1, 0.15) is 18.1 Å². The van der Waals surface area contributed by atoms with E-state index >= 15 is 0 Å². The van der Waals surface area contributed by atoms with Crippen molar-refractivity contribution in [3.05, 3.63) is 51.8 Å². The largest absolute Gasteiger partial charge is 0.492 e. The quantitative estimate of drug-likeness (QED) is 0.629. The minimum Gasteiger partial charge on any atom is -0.492 e. The van der Waals surface area contributed by atoms with E-state index in [1.807, 2.05) is 0 Å². The molecular formula is C17H19ClN2O3. The smallest absolute Gasteiger partial charge is 0.268 e. The summed E-state index contributed by atoms with van der Waals surface area (Å²) in [5.74, 6) is 0.338. The summed E-state index contributed by atoms with van der Waals surface area (Å²) in [5.41, 5.74) is 2.36. The molecule has 1 aromatic heterocycles. The molecule has 1 aromatic carbocycles. The molecule has 1 amide bonds. The van der Waals surface area contributed by atoms with Gasteiger partial charge in [-0.15, -0.1) is 0 Å². The highest BCUT2D eigenvalue weighted by molar-refractivity contribution is 6.30. The summed E-state index contributed by atoms with van der Waals surface area (Å²) in [7, 11) is 0. The number of benzene rings is 1. The second-order valence-electron chi connectivity index (χ2n) is 5.24. The molecule has 2 N–H and O–H groups in total. The lowest BCUT2D eigenvalue weighted by Crippen LogP contribution is -2.28. The predicted molar refractivity (Wildman–Crippen MR) is 89.6 cm³/mol. The zero-order chi connectivity index (χ0) is 17.0. The number of aromatic nitrogens is 1. The first-order valence-corrected chi connectivity index (χ1v) is 7.64. The van der Waals surface area contributed by atoms with Crippen molar-refractivity contribution in [1.29, 1.82) is 0 Å². The molecule has 0 saturated carbocycles. The van der Waals surface area contributed by atoms with Crippen LogP contribution in [0.4, 0.5) is 0 Å². The normalized spacial score (nSPS) is 10.4. The number of ketones is 1. The summed E-state index contributed by atoms with van der Waals surface area (Å²) < 4.78 is 5.51. The summed E-state index contributed by atoms with van der Waals surface area (Å²) in [6.45, 7) is 5.70. The van der Waals surface area contributed by atoms with Gasteiger partial charge in [-0.25, -0.2) is 0 Å². The van der Waals surface area contributed by atoms with Crippen LogP contribution in [0.15, 0.2) is 24.3 Å². The van der Waals surface area contributed by atoms with Crippen molar-refractivity contribution in [2.45, 2.75) is 20.8 Å². The Morgan fingerprint density at radius 1 is 1.30 bits per heavy atom. The van der Waals surface area contributed by atoms with E-state index < -0.39 is 0 Å². The number of amides is 1. The van der Waals surface area contributed by atoms with E-state index in [4.69, 9.17) is 16.3 Å². The Kier molecular flexibility index (Phi) is 5.45. The molecule has 6 heteroatoms. The fourth-order valence-electron chi connectivity index (χ4n) is 2.48. The highest BCUT2D eigenvalue weighted by Crippen LogP contribution is 2.18. The lowest BCUT2D eigenvalue weighted by Gasteiger charge is -2.08. The summed E-state index contributed by atoms with van der Waals surface area (Å²) in [5, 5.41) is 3.36. The van der Waals surface area contributed by atoms with Gasteiger partial charge in [0, 0.05) is 16.3 Å². The van der Waals surface area contributed by atoms with E-state index in [-0.39, 0.29) is 11.7 Å². The maximum Gasteiger partial charge on any atom is 0.268 e. The van der Waals surface area contributed by atoms with Gasteiger partial charge >= 0.3 is 0 Å². The first kappa shape index (κ1) is 17.1. The SMILES string of the molecule is CC(=O)c1c(C)[nH]c(C(=O)NCCOc2cccc(Cl)c2)c1C. The average Bonchev–Trinajstić information content (AvgIpc) is 2.78. The maximum atomic E-state index is 12.2. The van der Waals surface area contributed by atoms with Crippen molar-refractivity contribution in [1.82, 2.24) is 10.3 Å². The van der Waals surface area contributed by atoms with Gasteiger partial charge in [0.15, 0.2) is 5.78 Å². The summed E-state index contributed by atoms with van der Waals surface area (Å²) >= 11 is 5.87. The van der Waals surface area contributed by atoms with Crippen molar-refractivity contribution in [2.24, 2.45) is 0 Å². The molecule has 0 unspecified atom stereocenters. The van der Waals surface area contributed by atoms with Gasteiger partial charge < -0.3 is 15.0 Å². The van der Waals surface area contributed by atoms with Crippen LogP contribution in [0, 0.1) is 13.8 Å². The number of hydrogen-bond acceptors (Lipinski definition) is 3. The summed E-state index contributed by atoms with van der Waals surface area (Å²) in [6, 6.07) is 7.07. The molecule has 0 atom stereocenters. The number of Topliss-reactive ketones (excluding diaryl/α,β-unsaturated/α-hetero) is 1. The fraction of sp³-hybridized carbons (Fsp3) is 0.294.